The number of alkyl halides is 3. The summed E-state index contributed by atoms with van der Waals surface area (Å²) in [7, 11) is 0. The summed E-state index contributed by atoms with van der Waals surface area (Å²) in [4.78, 5) is 5.19. The van der Waals surface area contributed by atoms with Crippen molar-refractivity contribution >= 4 is 17.3 Å². The average Bonchev–Trinajstić information content (AvgIpc) is 2.95. The van der Waals surface area contributed by atoms with Crippen molar-refractivity contribution in [2.75, 3.05) is 13.2 Å². The highest BCUT2D eigenvalue weighted by molar-refractivity contribution is 6.31. The molecule has 1 unspecified atom stereocenters. The molecule has 1 aliphatic heterocycles. The Kier molecular flexibility index (Phi) is 5.69. The number of hydrogen-bond acceptors (Lipinski definition) is 3. The maximum atomic E-state index is 13.1. The van der Waals surface area contributed by atoms with Gasteiger partial charge >= 0.3 is 6.18 Å². The van der Waals surface area contributed by atoms with Gasteiger partial charge in [-0.2, -0.15) is 13.2 Å². The average molecular weight is 336 g/mol. The number of hydrogen-bond donors (Lipinski definition) is 0. The first-order chi connectivity index (χ1) is 10.4. The lowest BCUT2D eigenvalue weighted by Crippen LogP contribution is -2.15. The third kappa shape index (κ3) is 4.36. The van der Waals surface area contributed by atoms with Crippen molar-refractivity contribution in [1.29, 1.82) is 0 Å². The molecule has 1 aromatic rings. The van der Waals surface area contributed by atoms with E-state index in [1.165, 1.54) is 12.1 Å². The van der Waals surface area contributed by atoms with Crippen molar-refractivity contribution in [1.82, 2.24) is 0 Å². The molecule has 2 rings (SSSR count). The minimum Gasteiger partial charge on any atom is -0.393 e. The van der Waals surface area contributed by atoms with Gasteiger partial charge in [0.05, 0.1) is 17.4 Å². The zero-order valence-corrected chi connectivity index (χ0v) is 12.9. The SMILES string of the molecule is CC/C(=N\OCC1CCCO1)c1cc(Cl)ccc1C(F)(F)F. The van der Waals surface area contributed by atoms with Crippen LogP contribution in [0.1, 0.15) is 37.3 Å². The second-order valence-electron chi connectivity index (χ2n) is 5.01. The third-order valence-corrected chi connectivity index (χ3v) is 3.63. The Bertz CT molecular complexity index is 540. The lowest BCUT2D eigenvalue weighted by molar-refractivity contribution is -0.137. The van der Waals surface area contributed by atoms with Crippen LogP contribution in [-0.4, -0.2) is 25.0 Å². The number of ether oxygens (including phenoxy) is 1. The lowest BCUT2D eigenvalue weighted by Gasteiger charge is -2.14. The van der Waals surface area contributed by atoms with Crippen molar-refractivity contribution in [2.24, 2.45) is 5.16 Å². The molecule has 22 heavy (non-hydrogen) atoms. The number of rotatable bonds is 5. The molecular formula is C15H17ClF3NO2. The van der Waals surface area contributed by atoms with Gasteiger partial charge in [0, 0.05) is 17.2 Å². The molecule has 0 saturated carbocycles. The molecule has 7 heteroatoms. The van der Waals surface area contributed by atoms with E-state index in [2.05, 4.69) is 5.16 Å². The van der Waals surface area contributed by atoms with Gasteiger partial charge < -0.3 is 9.57 Å². The first kappa shape index (κ1) is 17.1. The second kappa shape index (κ2) is 7.33. The zero-order chi connectivity index (χ0) is 16.2. The fourth-order valence-corrected chi connectivity index (χ4v) is 2.45. The van der Waals surface area contributed by atoms with Gasteiger partial charge in [0.2, 0.25) is 0 Å². The molecule has 1 fully saturated rings. The van der Waals surface area contributed by atoms with Gasteiger partial charge in [0.1, 0.15) is 6.61 Å². The van der Waals surface area contributed by atoms with E-state index in [-0.39, 0.29) is 29.0 Å². The topological polar surface area (TPSA) is 30.8 Å². The van der Waals surface area contributed by atoms with Crippen molar-refractivity contribution in [3.05, 3.63) is 34.3 Å². The zero-order valence-electron chi connectivity index (χ0n) is 12.1. The van der Waals surface area contributed by atoms with Gasteiger partial charge in [0.15, 0.2) is 0 Å². The fourth-order valence-electron chi connectivity index (χ4n) is 2.28. The highest BCUT2D eigenvalue weighted by Crippen LogP contribution is 2.34. The highest BCUT2D eigenvalue weighted by atomic mass is 35.5. The van der Waals surface area contributed by atoms with E-state index in [9.17, 15) is 13.2 Å². The third-order valence-electron chi connectivity index (χ3n) is 3.39. The molecule has 1 aromatic carbocycles. The molecule has 0 spiro atoms. The van der Waals surface area contributed by atoms with Crippen LogP contribution in [-0.2, 0) is 15.8 Å². The first-order valence-electron chi connectivity index (χ1n) is 7.09. The normalized spacial score (nSPS) is 19.5. The molecule has 1 heterocycles. The van der Waals surface area contributed by atoms with E-state index in [0.29, 0.717) is 13.0 Å². The quantitative estimate of drug-likeness (QED) is 0.578. The maximum absolute atomic E-state index is 13.1. The summed E-state index contributed by atoms with van der Waals surface area (Å²) in [5, 5.41) is 4.09. The summed E-state index contributed by atoms with van der Waals surface area (Å²) in [6.45, 7) is 2.64. The Labute approximate surface area is 132 Å². The van der Waals surface area contributed by atoms with E-state index in [1.807, 2.05) is 0 Å². The molecule has 1 atom stereocenters. The molecule has 1 aliphatic rings. The summed E-state index contributed by atoms with van der Waals surface area (Å²) >= 11 is 5.82. The smallest absolute Gasteiger partial charge is 0.393 e. The highest BCUT2D eigenvalue weighted by Gasteiger charge is 2.34. The lowest BCUT2D eigenvalue weighted by atomic mass is 10.0. The van der Waals surface area contributed by atoms with Crippen molar-refractivity contribution in [3.63, 3.8) is 0 Å². The van der Waals surface area contributed by atoms with E-state index in [0.717, 1.165) is 18.9 Å². The largest absolute Gasteiger partial charge is 0.417 e. The van der Waals surface area contributed by atoms with Crippen LogP contribution in [0.2, 0.25) is 5.02 Å². The summed E-state index contributed by atoms with van der Waals surface area (Å²) in [6, 6.07) is 3.44. The number of benzene rings is 1. The maximum Gasteiger partial charge on any atom is 0.417 e. The molecule has 0 amide bonds. The molecule has 3 nitrogen and oxygen atoms in total. The standard InChI is InChI=1S/C15H17ClF3NO2/c1-2-14(20-22-9-11-4-3-7-21-11)12-8-10(16)5-6-13(12)15(17,18)19/h5-6,8,11H,2-4,7,9H2,1H3/b20-14+. The Hall–Kier alpha value is -1.27. The van der Waals surface area contributed by atoms with Gasteiger partial charge in [-0.25, -0.2) is 0 Å². The van der Waals surface area contributed by atoms with Crippen molar-refractivity contribution < 1.29 is 22.7 Å². The van der Waals surface area contributed by atoms with Crippen molar-refractivity contribution in [2.45, 2.75) is 38.5 Å². The van der Waals surface area contributed by atoms with Gasteiger partial charge in [-0.05, 0) is 37.5 Å². The first-order valence-corrected chi connectivity index (χ1v) is 7.47. The van der Waals surface area contributed by atoms with Crippen LogP contribution in [0.15, 0.2) is 23.4 Å². The molecule has 0 radical (unpaired) electrons. The number of oxime groups is 1. The Balaban J connectivity index is 2.20. The predicted octanol–water partition coefficient (Wildman–Crippen LogP) is 4.67. The molecule has 0 aliphatic carbocycles. The van der Waals surface area contributed by atoms with Crippen LogP contribution in [0.5, 0.6) is 0 Å². The van der Waals surface area contributed by atoms with E-state index >= 15 is 0 Å². The summed E-state index contributed by atoms with van der Waals surface area (Å²) in [5.41, 5.74) is -0.596. The van der Waals surface area contributed by atoms with Crippen LogP contribution < -0.4 is 0 Å². The van der Waals surface area contributed by atoms with Gasteiger partial charge in [0.25, 0.3) is 0 Å². The molecular weight excluding hydrogens is 319 g/mol. The minimum atomic E-state index is -4.47. The fraction of sp³-hybridized carbons (Fsp3) is 0.533. The second-order valence-corrected chi connectivity index (χ2v) is 5.45. The van der Waals surface area contributed by atoms with E-state index in [4.69, 9.17) is 21.2 Å². The van der Waals surface area contributed by atoms with Crippen LogP contribution in [0.4, 0.5) is 13.2 Å². The number of nitrogens with zero attached hydrogens (tertiary/aromatic N) is 1. The Morgan fingerprint density at radius 1 is 1.45 bits per heavy atom. The van der Waals surface area contributed by atoms with Gasteiger partial charge in [-0.1, -0.05) is 23.7 Å². The minimum absolute atomic E-state index is 0.0386. The molecule has 122 valence electrons. The molecule has 0 N–H and O–H groups in total. The predicted molar refractivity (Wildman–Crippen MR) is 78.2 cm³/mol. The molecule has 1 saturated heterocycles. The Morgan fingerprint density at radius 2 is 2.23 bits per heavy atom. The summed E-state index contributed by atoms with van der Waals surface area (Å²) < 4.78 is 44.6. The van der Waals surface area contributed by atoms with Gasteiger partial charge in [-0.15, -0.1) is 0 Å². The van der Waals surface area contributed by atoms with E-state index < -0.39 is 11.7 Å². The van der Waals surface area contributed by atoms with Crippen LogP contribution in [0.25, 0.3) is 0 Å². The molecule has 0 bridgehead atoms. The van der Waals surface area contributed by atoms with Gasteiger partial charge in [-0.3, -0.25) is 0 Å². The van der Waals surface area contributed by atoms with Crippen LogP contribution in [0, 0.1) is 0 Å². The molecule has 0 aromatic heterocycles. The monoisotopic (exact) mass is 335 g/mol. The van der Waals surface area contributed by atoms with Crippen LogP contribution in [0.3, 0.4) is 0 Å². The summed E-state index contributed by atoms with van der Waals surface area (Å²) in [5.74, 6) is 0. The number of halogens is 4. The van der Waals surface area contributed by atoms with Crippen LogP contribution >= 0.6 is 11.6 Å². The van der Waals surface area contributed by atoms with Crippen molar-refractivity contribution in [3.8, 4) is 0 Å². The Morgan fingerprint density at radius 3 is 2.82 bits per heavy atom. The van der Waals surface area contributed by atoms with E-state index in [1.54, 1.807) is 6.92 Å². The summed E-state index contributed by atoms with van der Waals surface area (Å²) in [6.07, 6.45) is -2.37.